The number of rotatable bonds is 4. The van der Waals surface area contributed by atoms with Crippen LogP contribution in [0.15, 0.2) is 35.6 Å². The third-order valence-corrected chi connectivity index (χ3v) is 2.13. The van der Waals surface area contributed by atoms with Crippen LogP contribution in [0.4, 0.5) is 0 Å². The normalized spacial score (nSPS) is 9.92. The van der Waals surface area contributed by atoms with Crippen molar-refractivity contribution in [2.24, 2.45) is 7.05 Å². The van der Waals surface area contributed by atoms with E-state index < -0.39 is 0 Å². The van der Waals surface area contributed by atoms with Crippen molar-refractivity contribution in [2.75, 3.05) is 0 Å². The summed E-state index contributed by atoms with van der Waals surface area (Å²) in [6, 6.07) is 5.38. The Balaban J connectivity index is 2.71. The van der Waals surface area contributed by atoms with Crippen LogP contribution in [-0.2, 0) is 13.5 Å². The van der Waals surface area contributed by atoms with Crippen LogP contribution in [0.3, 0.4) is 0 Å². The highest BCUT2D eigenvalue weighted by molar-refractivity contribution is 5.06. The molecule has 0 saturated heterocycles. The SMILES string of the molecule is C=CCCCc1cccc(=O)n1C. The average molecular weight is 177 g/mol. The Bertz CT molecular complexity index is 338. The molecule has 0 aliphatic carbocycles. The second-order valence-corrected chi connectivity index (χ2v) is 3.10. The topological polar surface area (TPSA) is 22.0 Å². The molecule has 0 aliphatic rings. The van der Waals surface area contributed by atoms with E-state index in [1.807, 2.05) is 25.3 Å². The molecule has 1 aromatic rings. The highest BCUT2D eigenvalue weighted by Crippen LogP contribution is 2.01. The summed E-state index contributed by atoms with van der Waals surface area (Å²) in [5, 5.41) is 0. The molecule has 2 heteroatoms. The highest BCUT2D eigenvalue weighted by Gasteiger charge is 1.97. The number of aromatic nitrogens is 1. The van der Waals surface area contributed by atoms with Gasteiger partial charge in [-0.25, -0.2) is 0 Å². The Morgan fingerprint density at radius 3 is 3.00 bits per heavy atom. The van der Waals surface area contributed by atoms with Crippen molar-refractivity contribution in [3.05, 3.63) is 46.9 Å². The van der Waals surface area contributed by atoms with Gasteiger partial charge in [-0.1, -0.05) is 12.1 Å². The van der Waals surface area contributed by atoms with Gasteiger partial charge in [0.05, 0.1) is 0 Å². The summed E-state index contributed by atoms with van der Waals surface area (Å²) in [6.45, 7) is 3.66. The van der Waals surface area contributed by atoms with Gasteiger partial charge in [0, 0.05) is 18.8 Å². The van der Waals surface area contributed by atoms with Crippen molar-refractivity contribution in [3.8, 4) is 0 Å². The van der Waals surface area contributed by atoms with Crippen molar-refractivity contribution in [1.82, 2.24) is 4.57 Å². The number of nitrogens with zero attached hydrogens (tertiary/aromatic N) is 1. The number of aryl methyl sites for hydroxylation is 1. The van der Waals surface area contributed by atoms with Crippen LogP contribution < -0.4 is 5.56 Å². The molecule has 0 amide bonds. The Morgan fingerprint density at radius 1 is 1.54 bits per heavy atom. The molecular weight excluding hydrogens is 162 g/mol. The molecular formula is C11H15NO. The summed E-state index contributed by atoms with van der Waals surface area (Å²) in [5.74, 6) is 0. The lowest BCUT2D eigenvalue weighted by molar-refractivity contribution is 0.726. The lowest BCUT2D eigenvalue weighted by Crippen LogP contribution is -2.18. The quantitative estimate of drug-likeness (QED) is 0.508. The number of pyridine rings is 1. The van der Waals surface area contributed by atoms with E-state index in [2.05, 4.69) is 6.58 Å². The Hall–Kier alpha value is -1.31. The minimum Gasteiger partial charge on any atom is -0.316 e. The maximum absolute atomic E-state index is 11.2. The molecule has 0 fully saturated rings. The largest absolute Gasteiger partial charge is 0.316 e. The van der Waals surface area contributed by atoms with Crippen molar-refractivity contribution in [2.45, 2.75) is 19.3 Å². The van der Waals surface area contributed by atoms with E-state index in [1.54, 1.807) is 10.6 Å². The van der Waals surface area contributed by atoms with Gasteiger partial charge in [0.1, 0.15) is 0 Å². The van der Waals surface area contributed by atoms with Crippen molar-refractivity contribution in [1.29, 1.82) is 0 Å². The van der Waals surface area contributed by atoms with Gasteiger partial charge in [0.2, 0.25) is 5.56 Å². The van der Waals surface area contributed by atoms with Crippen LogP contribution in [0.25, 0.3) is 0 Å². The lowest BCUT2D eigenvalue weighted by Gasteiger charge is -2.05. The first-order chi connectivity index (χ1) is 6.25. The summed E-state index contributed by atoms with van der Waals surface area (Å²) in [7, 11) is 1.81. The lowest BCUT2D eigenvalue weighted by atomic mass is 10.2. The number of hydrogen-bond donors (Lipinski definition) is 0. The zero-order valence-corrected chi connectivity index (χ0v) is 7.99. The molecule has 0 aliphatic heterocycles. The fourth-order valence-electron chi connectivity index (χ4n) is 1.29. The predicted molar refractivity (Wildman–Crippen MR) is 54.8 cm³/mol. The molecule has 0 aromatic carbocycles. The first-order valence-electron chi connectivity index (χ1n) is 4.51. The molecule has 1 rings (SSSR count). The fraction of sp³-hybridized carbons (Fsp3) is 0.364. The smallest absolute Gasteiger partial charge is 0.250 e. The maximum Gasteiger partial charge on any atom is 0.250 e. The molecule has 1 heterocycles. The monoisotopic (exact) mass is 177 g/mol. The van der Waals surface area contributed by atoms with Crippen molar-refractivity contribution < 1.29 is 0 Å². The molecule has 2 nitrogen and oxygen atoms in total. The van der Waals surface area contributed by atoms with Gasteiger partial charge in [-0.2, -0.15) is 0 Å². The first kappa shape index (κ1) is 9.78. The molecule has 0 radical (unpaired) electrons. The zero-order valence-electron chi connectivity index (χ0n) is 7.99. The zero-order chi connectivity index (χ0) is 9.68. The minimum atomic E-state index is 0.0658. The van der Waals surface area contributed by atoms with E-state index in [-0.39, 0.29) is 5.56 Å². The first-order valence-corrected chi connectivity index (χ1v) is 4.51. The van der Waals surface area contributed by atoms with Crippen LogP contribution >= 0.6 is 0 Å². The molecule has 0 atom stereocenters. The van der Waals surface area contributed by atoms with Crippen LogP contribution in [0.2, 0.25) is 0 Å². The van der Waals surface area contributed by atoms with Crippen molar-refractivity contribution >= 4 is 0 Å². The summed E-state index contributed by atoms with van der Waals surface area (Å²) >= 11 is 0. The summed E-state index contributed by atoms with van der Waals surface area (Å²) in [6.07, 6.45) is 4.91. The molecule has 0 unspecified atom stereocenters. The van der Waals surface area contributed by atoms with E-state index in [9.17, 15) is 4.79 Å². The van der Waals surface area contributed by atoms with E-state index in [0.717, 1.165) is 25.0 Å². The Kier molecular flexibility index (Phi) is 3.50. The van der Waals surface area contributed by atoms with Crippen LogP contribution in [0, 0.1) is 0 Å². The van der Waals surface area contributed by atoms with E-state index in [4.69, 9.17) is 0 Å². The number of allylic oxidation sites excluding steroid dienone is 1. The van der Waals surface area contributed by atoms with Gasteiger partial charge < -0.3 is 4.57 Å². The molecule has 1 aromatic heterocycles. The minimum absolute atomic E-state index is 0.0658. The Morgan fingerprint density at radius 2 is 2.31 bits per heavy atom. The third kappa shape index (κ3) is 2.58. The Labute approximate surface area is 78.5 Å². The molecule has 13 heavy (non-hydrogen) atoms. The fourth-order valence-corrected chi connectivity index (χ4v) is 1.29. The number of hydrogen-bond acceptors (Lipinski definition) is 1. The number of unbranched alkanes of at least 4 members (excludes halogenated alkanes) is 1. The van der Waals surface area contributed by atoms with Crippen LogP contribution in [0.1, 0.15) is 18.5 Å². The van der Waals surface area contributed by atoms with E-state index in [1.165, 1.54) is 0 Å². The highest BCUT2D eigenvalue weighted by atomic mass is 16.1. The third-order valence-electron chi connectivity index (χ3n) is 2.13. The van der Waals surface area contributed by atoms with Gasteiger partial charge in [-0.15, -0.1) is 6.58 Å². The van der Waals surface area contributed by atoms with E-state index >= 15 is 0 Å². The second-order valence-electron chi connectivity index (χ2n) is 3.10. The molecule has 0 spiro atoms. The van der Waals surface area contributed by atoms with Crippen LogP contribution in [0.5, 0.6) is 0 Å². The van der Waals surface area contributed by atoms with Gasteiger partial charge in [-0.05, 0) is 25.3 Å². The molecule has 0 bridgehead atoms. The molecule has 70 valence electrons. The van der Waals surface area contributed by atoms with E-state index in [0.29, 0.717) is 0 Å². The maximum atomic E-state index is 11.2. The van der Waals surface area contributed by atoms with Gasteiger partial charge in [-0.3, -0.25) is 4.79 Å². The van der Waals surface area contributed by atoms with Crippen molar-refractivity contribution in [3.63, 3.8) is 0 Å². The summed E-state index contributed by atoms with van der Waals surface area (Å²) in [5.41, 5.74) is 1.16. The van der Waals surface area contributed by atoms with Crippen LogP contribution in [-0.4, -0.2) is 4.57 Å². The van der Waals surface area contributed by atoms with Gasteiger partial charge in [0.25, 0.3) is 0 Å². The standard InChI is InChI=1S/C11H15NO/c1-3-4-5-7-10-8-6-9-11(13)12(10)2/h3,6,8-9H,1,4-5,7H2,2H3. The second kappa shape index (κ2) is 4.65. The molecule has 0 N–H and O–H groups in total. The summed E-state index contributed by atoms with van der Waals surface area (Å²) < 4.78 is 1.70. The predicted octanol–water partition coefficient (Wildman–Crippen LogP) is 1.89. The molecule has 0 saturated carbocycles. The van der Waals surface area contributed by atoms with Gasteiger partial charge >= 0.3 is 0 Å². The van der Waals surface area contributed by atoms with Gasteiger partial charge in [0.15, 0.2) is 0 Å². The average Bonchev–Trinajstić information content (AvgIpc) is 2.13. The summed E-state index contributed by atoms with van der Waals surface area (Å²) in [4.78, 5) is 11.2.